The molecule has 6 N–H and O–H groups in total. The van der Waals surface area contributed by atoms with E-state index in [4.69, 9.17) is 11.6 Å². The number of H-pyrrole nitrogens is 1. The SMILES string of the molecule is CC(C)[C@@H]1NC(=O)[C@@H]2CCCN2C(=O)[C@@H](CC(=O)O)NC(=O)[C@H](Cc2c(Cl)[nH]c3ccccc23)NC(=O)[C@@H](C(C)C)NC1=O. The smallest absolute Gasteiger partial charge is 0.305 e. The van der Waals surface area contributed by atoms with Crippen LogP contribution in [0.3, 0.4) is 0 Å². The second-order valence-electron chi connectivity index (χ2n) is 12.0. The molecular weight excluding hydrogens is 592 g/mol. The number of carbonyl (C=O) groups is 6. The van der Waals surface area contributed by atoms with Crippen LogP contribution in [0.2, 0.25) is 5.15 Å². The number of carboxylic acid groups (broad SMARTS) is 1. The van der Waals surface area contributed by atoms with Crippen molar-refractivity contribution < 1.29 is 33.9 Å². The highest BCUT2D eigenvalue weighted by Gasteiger charge is 2.41. The number of para-hydroxylation sites is 1. The summed E-state index contributed by atoms with van der Waals surface area (Å²) in [6, 6.07) is 1.33. The van der Waals surface area contributed by atoms with Crippen molar-refractivity contribution in [2.75, 3.05) is 6.54 Å². The van der Waals surface area contributed by atoms with Crippen LogP contribution in [0.5, 0.6) is 0 Å². The maximum absolute atomic E-state index is 13.8. The van der Waals surface area contributed by atoms with Crippen molar-refractivity contribution in [2.24, 2.45) is 11.8 Å². The summed E-state index contributed by atoms with van der Waals surface area (Å²) in [6.45, 7) is 7.11. The van der Waals surface area contributed by atoms with Gasteiger partial charge in [0.2, 0.25) is 29.5 Å². The molecule has 1 aromatic heterocycles. The molecule has 2 aromatic rings. The van der Waals surface area contributed by atoms with Crippen LogP contribution >= 0.6 is 11.6 Å². The molecule has 14 heteroatoms. The van der Waals surface area contributed by atoms with Gasteiger partial charge in [0, 0.05) is 23.9 Å². The molecule has 0 saturated carbocycles. The first-order valence-electron chi connectivity index (χ1n) is 14.8. The minimum atomic E-state index is -1.52. The summed E-state index contributed by atoms with van der Waals surface area (Å²) in [5, 5.41) is 21.3. The van der Waals surface area contributed by atoms with E-state index in [2.05, 4.69) is 26.3 Å². The average Bonchev–Trinajstić information content (AvgIpc) is 3.56. The maximum Gasteiger partial charge on any atom is 0.305 e. The van der Waals surface area contributed by atoms with Crippen LogP contribution in [-0.2, 0) is 35.2 Å². The molecule has 2 aliphatic rings. The lowest BCUT2D eigenvalue weighted by molar-refractivity contribution is -0.146. The van der Waals surface area contributed by atoms with Gasteiger partial charge in [-0.1, -0.05) is 57.5 Å². The van der Waals surface area contributed by atoms with Gasteiger partial charge in [-0.25, -0.2) is 0 Å². The van der Waals surface area contributed by atoms with Crippen LogP contribution in [0.1, 0.15) is 52.5 Å². The third-order valence-corrected chi connectivity index (χ3v) is 8.45. The van der Waals surface area contributed by atoms with Crippen LogP contribution in [0.25, 0.3) is 10.9 Å². The molecule has 44 heavy (non-hydrogen) atoms. The molecule has 0 radical (unpaired) electrons. The van der Waals surface area contributed by atoms with Gasteiger partial charge in [0.25, 0.3) is 0 Å². The fraction of sp³-hybridized carbons (Fsp3) is 0.533. The zero-order valence-corrected chi connectivity index (χ0v) is 25.9. The third kappa shape index (κ3) is 7.15. The molecule has 0 bridgehead atoms. The van der Waals surface area contributed by atoms with E-state index in [9.17, 15) is 33.9 Å². The number of nitrogens with zero attached hydrogens (tertiary/aromatic N) is 1. The molecule has 0 unspecified atom stereocenters. The minimum Gasteiger partial charge on any atom is -0.481 e. The number of benzene rings is 1. The van der Waals surface area contributed by atoms with Gasteiger partial charge in [-0.15, -0.1) is 0 Å². The molecule has 4 rings (SSSR count). The van der Waals surface area contributed by atoms with E-state index < -0.39 is 78.1 Å². The molecule has 0 spiro atoms. The zero-order chi connectivity index (χ0) is 32.3. The zero-order valence-electron chi connectivity index (χ0n) is 25.1. The first-order chi connectivity index (χ1) is 20.8. The van der Waals surface area contributed by atoms with Crippen molar-refractivity contribution in [1.29, 1.82) is 0 Å². The summed E-state index contributed by atoms with van der Waals surface area (Å²) in [4.78, 5) is 84.2. The van der Waals surface area contributed by atoms with Gasteiger partial charge < -0.3 is 36.3 Å². The van der Waals surface area contributed by atoms with Crippen LogP contribution in [0, 0.1) is 11.8 Å². The first kappa shape index (κ1) is 32.8. The van der Waals surface area contributed by atoms with Crippen LogP contribution in [0.15, 0.2) is 24.3 Å². The number of fused-ring (bicyclic) bond motifs is 2. The summed E-state index contributed by atoms with van der Waals surface area (Å²) >= 11 is 6.51. The molecule has 238 valence electrons. The Labute approximate surface area is 259 Å². The van der Waals surface area contributed by atoms with Gasteiger partial charge in [0.15, 0.2) is 0 Å². The average molecular weight is 631 g/mol. The van der Waals surface area contributed by atoms with E-state index in [1.807, 2.05) is 6.07 Å². The summed E-state index contributed by atoms with van der Waals surface area (Å²) in [6.07, 6.45) is -0.0707. The highest BCUT2D eigenvalue weighted by Crippen LogP contribution is 2.28. The number of amides is 5. The Morgan fingerprint density at radius 2 is 1.48 bits per heavy atom. The van der Waals surface area contributed by atoms with Crippen molar-refractivity contribution in [3.63, 3.8) is 0 Å². The van der Waals surface area contributed by atoms with E-state index in [1.165, 1.54) is 4.90 Å². The van der Waals surface area contributed by atoms with E-state index in [-0.39, 0.29) is 24.0 Å². The molecular formula is C30H39ClN6O7. The maximum atomic E-state index is 13.8. The van der Waals surface area contributed by atoms with Crippen LogP contribution < -0.4 is 21.3 Å². The van der Waals surface area contributed by atoms with Gasteiger partial charge in [0.1, 0.15) is 35.4 Å². The highest BCUT2D eigenvalue weighted by atomic mass is 35.5. The van der Waals surface area contributed by atoms with E-state index in [1.54, 1.807) is 45.9 Å². The molecule has 5 amide bonds. The second kappa shape index (κ2) is 13.7. The first-order valence-corrected chi connectivity index (χ1v) is 15.1. The molecule has 2 fully saturated rings. The predicted molar refractivity (Wildman–Crippen MR) is 161 cm³/mol. The summed E-state index contributed by atoms with van der Waals surface area (Å²) < 4.78 is 0. The lowest BCUT2D eigenvalue weighted by Crippen LogP contribution is -2.60. The van der Waals surface area contributed by atoms with Gasteiger partial charge in [-0.2, -0.15) is 0 Å². The van der Waals surface area contributed by atoms with Gasteiger partial charge in [0.05, 0.1) is 6.42 Å². The normalized spacial score (nSPS) is 25.7. The molecule has 2 saturated heterocycles. The molecule has 2 aliphatic heterocycles. The number of aromatic nitrogens is 1. The van der Waals surface area contributed by atoms with Crippen LogP contribution in [0.4, 0.5) is 0 Å². The Kier molecular flexibility index (Phi) is 10.2. The van der Waals surface area contributed by atoms with Crippen LogP contribution in [-0.4, -0.2) is 87.2 Å². The standard InChI is InChI=1S/C30H39ClN6O7/c1-14(2)23-28(42)33-19(12-17-16-8-5-6-9-18(16)32-25(17)31)26(40)34-20(13-22(38)39)30(44)37-11-7-10-21(37)27(41)35-24(15(3)4)29(43)36-23/h5-6,8-9,14-15,19-21,23-24,32H,7,10-13H2,1-4H3,(H,33,42)(H,34,40)(H,35,41)(H,36,43)(H,38,39)/t19-,20+,21-,23+,24-/m0/s1. The Balaban J connectivity index is 1.78. The number of hydrogen-bond acceptors (Lipinski definition) is 6. The van der Waals surface area contributed by atoms with E-state index >= 15 is 0 Å². The fourth-order valence-corrected chi connectivity index (χ4v) is 6.04. The van der Waals surface area contributed by atoms with Crippen molar-refractivity contribution >= 4 is 58.0 Å². The van der Waals surface area contributed by atoms with Crippen molar-refractivity contribution in [3.05, 3.63) is 35.0 Å². The molecule has 3 heterocycles. The summed E-state index contributed by atoms with van der Waals surface area (Å²) in [5.41, 5.74) is 1.24. The molecule has 13 nitrogen and oxygen atoms in total. The lowest BCUT2D eigenvalue weighted by Gasteiger charge is -2.30. The topological polar surface area (TPSA) is 190 Å². The quantitative estimate of drug-likeness (QED) is 0.275. The summed E-state index contributed by atoms with van der Waals surface area (Å²) in [7, 11) is 0. The number of aromatic amines is 1. The van der Waals surface area contributed by atoms with Crippen molar-refractivity contribution in [1.82, 2.24) is 31.2 Å². The number of rotatable bonds is 6. The third-order valence-electron chi connectivity index (χ3n) is 8.13. The van der Waals surface area contributed by atoms with E-state index in [0.29, 0.717) is 29.3 Å². The number of hydrogen-bond donors (Lipinski definition) is 6. The van der Waals surface area contributed by atoms with Gasteiger partial charge in [-0.3, -0.25) is 28.8 Å². The Hall–Kier alpha value is -4.13. The van der Waals surface area contributed by atoms with Crippen molar-refractivity contribution in [2.45, 2.75) is 83.6 Å². The number of aliphatic carboxylic acids is 1. The minimum absolute atomic E-state index is 0.103. The lowest BCUT2D eigenvalue weighted by atomic mass is 9.98. The molecule has 0 aliphatic carbocycles. The predicted octanol–water partition coefficient (Wildman–Crippen LogP) is 1.09. The Morgan fingerprint density at radius 1 is 0.886 bits per heavy atom. The summed E-state index contributed by atoms with van der Waals surface area (Å²) in [5.74, 6) is -5.50. The van der Waals surface area contributed by atoms with Crippen molar-refractivity contribution in [3.8, 4) is 0 Å². The number of carboxylic acids is 1. The molecule has 1 aromatic carbocycles. The Morgan fingerprint density at radius 3 is 2.11 bits per heavy atom. The second-order valence-corrected chi connectivity index (χ2v) is 12.4. The number of nitrogens with one attached hydrogen (secondary N) is 5. The monoisotopic (exact) mass is 630 g/mol. The van der Waals surface area contributed by atoms with Gasteiger partial charge in [-0.05, 0) is 36.3 Å². The largest absolute Gasteiger partial charge is 0.481 e. The Bertz CT molecular complexity index is 1460. The van der Waals surface area contributed by atoms with E-state index in [0.717, 1.165) is 0 Å². The highest BCUT2D eigenvalue weighted by molar-refractivity contribution is 6.31. The fourth-order valence-electron chi connectivity index (χ4n) is 5.75. The number of carbonyl (C=O) groups excluding carboxylic acids is 5. The number of halogens is 1. The van der Waals surface area contributed by atoms with Gasteiger partial charge >= 0.3 is 5.97 Å². The molecule has 5 atom stereocenters.